The first-order valence-electron chi connectivity index (χ1n) is 8.43. The minimum Gasteiger partial charge on any atom is -0.496 e. The van der Waals surface area contributed by atoms with E-state index in [0.717, 1.165) is 22.7 Å². The number of benzene rings is 1. The van der Waals surface area contributed by atoms with Gasteiger partial charge in [-0.25, -0.2) is 0 Å². The van der Waals surface area contributed by atoms with Crippen molar-refractivity contribution >= 4 is 17.2 Å². The number of nitrogens with zero attached hydrogens (tertiary/aromatic N) is 2. The van der Waals surface area contributed by atoms with Crippen LogP contribution in [0, 0.1) is 0 Å². The molecule has 3 aromatic rings. The van der Waals surface area contributed by atoms with Crippen LogP contribution in [0.5, 0.6) is 5.75 Å². The maximum atomic E-state index is 13.1. The molecular weight excluding hydrogens is 350 g/mol. The quantitative estimate of drug-likeness (QED) is 0.765. The number of rotatable bonds is 4. The van der Waals surface area contributed by atoms with E-state index >= 15 is 0 Å². The molecule has 6 nitrogen and oxygen atoms in total. The number of hydrogen-bond donors (Lipinski definition) is 1. The average Bonchev–Trinajstić information content (AvgIpc) is 3.39. The van der Waals surface area contributed by atoms with Crippen LogP contribution in [0.2, 0.25) is 0 Å². The number of thiophene rings is 1. The van der Waals surface area contributed by atoms with E-state index in [0.29, 0.717) is 24.5 Å². The van der Waals surface area contributed by atoms with E-state index in [2.05, 4.69) is 10.5 Å². The molecule has 1 aromatic carbocycles. The Morgan fingerprint density at radius 1 is 1.35 bits per heavy atom. The van der Waals surface area contributed by atoms with Crippen LogP contribution < -0.4 is 10.1 Å². The monoisotopic (exact) mass is 369 g/mol. The summed E-state index contributed by atoms with van der Waals surface area (Å²) < 4.78 is 10.9. The number of para-hydroxylation sites is 1. The number of nitrogens with one attached hydrogen (secondary N) is 1. The van der Waals surface area contributed by atoms with Crippen molar-refractivity contribution in [1.29, 1.82) is 0 Å². The van der Waals surface area contributed by atoms with Crippen LogP contribution in [0.4, 0.5) is 0 Å². The van der Waals surface area contributed by atoms with Gasteiger partial charge in [-0.2, -0.15) is 0 Å². The Balaban J connectivity index is 1.63. The number of ether oxygens (including phenoxy) is 1. The van der Waals surface area contributed by atoms with E-state index in [1.54, 1.807) is 24.5 Å². The Hall–Kier alpha value is -2.64. The Morgan fingerprint density at radius 2 is 2.23 bits per heavy atom. The minimum absolute atomic E-state index is 0.116. The highest BCUT2D eigenvalue weighted by atomic mass is 32.1. The zero-order chi connectivity index (χ0) is 17.9. The molecule has 0 radical (unpaired) electrons. The summed E-state index contributed by atoms with van der Waals surface area (Å²) in [6.45, 7) is 2.01. The van der Waals surface area contributed by atoms with Crippen molar-refractivity contribution in [2.24, 2.45) is 0 Å². The van der Waals surface area contributed by atoms with Crippen LogP contribution in [0.3, 0.4) is 0 Å². The summed E-state index contributed by atoms with van der Waals surface area (Å²) in [6, 6.07) is 13.3. The molecule has 0 bridgehead atoms. The van der Waals surface area contributed by atoms with Gasteiger partial charge in [0.15, 0.2) is 11.5 Å². The lowest BCUT2D eigenvalue weighted by molar-refractivity contribution is 0.0621. The zero-order valence-electron chi connectivity index (χ0n) is 14.3. The van der Waals surface area contributed by atoms with Crippen LogP contribution in [-0.2, 0) is 0 Å². The lowest BCUT2D eigenvalue weighted by atomic mass is 10.0. The van der Waals surface area contributed by atoms with Crippen molar-refractivity contribution < 1.29 is 14.1 Å². The van der Waals surface area contributed by atoms with Crippen LogP contribution >= 0.6 is 11.3 Å². The molecule has 7 heteroatoms. The predicted octanol–water partition coefficient (Wildman–Crippen LogP) is 3.20. The van der Waals surface area contributed by atoms with Gasteiger partial charge in [0.25, 0.3) is 5.91 Å². The third kappa shape index (κ3) is 3.11. The van der Waals surface area contributed by atoms with Crippen molar-refractivity contribution in [2.75, 3.05) is 26.7 Å². The first-order valence-corrected chi connectivity index (χ1v) is 9.31. The van der Waals surface area contributed by atoms with Crippen molar-refractivity contribution in [3.63, 3.8) is 0 Å². The summed E-state index contributed by atoms with van der Waals surface area (Å²) in [5.41, 5.74) is 1.31. The van der Waals surface area contributed by atoms with E-state index in [1.165, 1.54) is 0 Å². The number of carbonyl (C=O) groups is 1. The molecule has 0 aliphatic carbocycles. The molecule has 134 valence electrons. The molecule has 4 rings (SSSR count). The van der Waals surface area contributed by atoms with E-state index < -0.39 is 0 Å². The minimum atomic E-state index is -0.131. The van der Waals surface area contributed by atoms with Gasteiger partial charge in [-0.1, -0.05) is 29.4 Å². The van der Waals surface area contributed by atoms with E-state index in [9.17, 15) is 4.79 Å². The van der Waals surface area contributed by atoms with Gasteiger partial charge in [0.2, 0.25) is 0 Å². The molecule has 1 aliphatic rings. The molecule has 1 fully saturated rings. The van der Waals surface area contributed by atoms with Crippen molar-refractivity contribution in [1.82, 2.24) is 15.4 Å². The van der Waals surface area contributed by atoms with Crippen LogP contribution in [0.1, 0.15) is 22.1 Å². The molecule has 1 aliphatic heterocycles. The average molecular weight is 369 g/mol. The van der Waals surface area contributed by atoms with Crippen LogP contribution in [0.25, 0.3) is 10.6 Å². The van der Waals surface area contributed by atoms with Crippen molar-refractivity contribution in [3.05, 3.63) is 59.1 Å². The van der Waals surface area contributed by atoms with Gasteiger partial charge in [0.05, 0.1) is 18.0 Å². The van der Waals surface area contributed by atoms with Gasteiger partial charge in [-0.3, -0.25) is 4.79 Å². The maximum Gasteiger partial charge on any atom is 0.276 e. The second-order valence-corrected chi connectivity index (χ2v) is 6.96. The molecular formula is C19H19N3O3S. The fourth-order valence-corrected chi connectivity index (χ4v) is 3.90. The highest BCUT2D eigenvalue weighted by Gasteiger charge is 2.32. The topological polar surface area (TPSA) is 67.6 Å². The number of amides is 1. The molecule has 1 N–H and O–H groups in total. The molecule has 0 spiro atoms. The normalized spacial score (nSPS) is 17.3. The third-order valence-electron chi connectivity index (χ3n) is 4.50. The Labute approximate surface area is 155 Å². The lowest BCUT2D eigenvalue weighted by Crippen LogP contribution is -2.48. The maximum absolute atomic E-state index is 13.1. The molecule has 0 saturated carbocycles. The van der Waals surface area contributed by atoms with Crippen molar-refractivity contribution in [3.8, 4) is 16.4 Å². The summed E-state index contributed by atoms with van der Waals surface area (Å²) >= 11 is 1.55. The third-order valence-corrected chi connectivity index (χ3v) is 5.38. The summed E-state index contributed by atoms with van der Waals surface area (Å²) in [5.74, 6) is 1.26. The van der Waals surface area contributed by atoms with Gasteiger partial charge in [-0.15, -0.1) is 11.3 Å². The van der Waals surface area contributed by atoms with Gasteiger partial charge in [0.1, 0.15) is 5.75 Å². The van der Waals surface area contributed by atoms with E-state index in [-0.39, 0.29) is 11.9 Å². The molecule has 1 amide bonds. The second kappa shape index (κ2) is 7.31. The fraction of sp³-hybridized carbons (Fsp3) is 0.263. The Bertz CT molecular complexity index is 891. The summed E-state index contributed by atoms with van der Waals surface area (Å²) in [4.78, 5) is 15.9. The first kappa shape index (κ1) is 16.8. The highest BCUT2D eigenvalue weighted by Crippen LogP contribution is 2.32. The number of hydrogen-bond acceptors (Lipinski definition) is 6. The summed E-state index contributed by atoms with van der Waals surface area (Å²) in [6.07, 6.45) is 0. The first-order chi connectivity index (χ1) is 12.8. The van der Waals surface area contributed by atoms with Gasteiger partial charge >= 0.3 is 0 Å². The smallest absolute Gasteiger partial charge is 0.276 e. The Morgan fingerprint density at radius 3 is 3.04 bits per heavy atom. The highest BCUT2D eigenvalue weighted by molar-refractivity contribution is 7.13. The van der Waals surface area contributed by atoms with Crippen LogP contribution in [-0.4, -0.2) is 42.7 Å². The number of carbonyl (C=O) groups excluding carboxylic acids is 1. The number of methoxy groups -OCH3 is 1. The molecule has 1 saturated heterocycles. The molecule has 1 atom stereocenters. The fourth-order valence-electron chi connectivity index (χ4n) is 3.22. The van der Waals surface area contributed by atoms with Gasteiger partial charge in [-0.05, 0) is 17.5 Å². The second-order valence-electron chi connectivity index (χ2n) is 6.01. The van der Waals surface area contributed by atoms with Gasteiger partial charge < -0.3 is 19.5 Å². The van der Waals surface area contributed by atoms with Gasteiger partial charge in [0, 0.05) is 31.3 Å². The largest absolute Gasteiger partial charge is 0.496 e. The Kier molecular flexibility index (Phi) is 4.73. The number of piperazine rings is 1. The van der Waals surface area contributed by atoms with Crippen molar-refractivity contribution in [2.45, 2.75) is 6.04 Å². The molecule has 3 heterocycles. The number of aromatic nitrogens is 1. The van der Waals surface area contributed by atoms with Crippen LogP contribution in [0.15, 0.2) is 52.4 Å². The van der Waals surface area contributed by atoms with E-state index in [1.807, 2.05) is 46.7 Å². The van der Waals surface area contributed by atoms with E-state index in [4.69, 9.17) is 9.26 Å². The lowest BCUT2D eigenvalue weighted by Gasteiger charge is -2.36. The zero-order valence-corrected chi connectivity index (χ0v) is 15.2. The standard InChI is InChI=1S/C19H19N3O3S/c1-24-16-6-3-2-5-13(16)15-12-20-8-9-22(15)19(23)14-11-17(25-21-14)18-7-4-10-26-18/h2-7,10-11,15,20H,8-9,12H2,1H3. The predicted molar refractivity (Wildman–Crippen MR) is 99.5 cm³/mol. The molecule has 26 heavy (non-hydrogen) atoms. The SMILES string of the molecule is COc1ccccc1C1CNCCN1C(=O)c1cc(-c2cccs2)on1. The summed E-state index contributed by atoms with van der Waals surface area (Å²) in [7, 11) is 1.65. The summed E-state index contributed by atoms with van der Waals surface area (Å²) in [5, 5.41) is 9.33. The molecule has 1 unspecified atom stereocenters. The molecule has 2 aromatic heterocycles.